The van der Waals surface area contributed by atoms with Crippen LogP contribution in [-0.4, -0.2) is 64.3 Å². The Morgan fingerprint density at radius 3 is 1.17 bits per heavy atom. The summed E-state index contributed by atoms with van der Waals surface area (Å²) in [6, 6.07) is 0. The van der Waals surface area contributed by atoms with Gasteiger partial charge >= 0.3 is 0 Å². The molecule has 0 unspecified atom stereocenters. The average molecular weight is 202 g/mol. The van der Waals surface area contributed by atoms with Crippen molar-refractivity contribution < 1.29 is 20.0 Å². The Morgan fingerprint density at radius 2 is 1.00 bits per heavy atom. The van der Waals surface area contributed by atoms with Crippen LogP contribution in [-0.2, 0) is 0 Å². The van der Waals surface area contributed by atoms with Crippen molar-refractivity contribution in [2.75, 3.05) is 39.5 Å². The van der Waals surface area contributed by atoms with Gasteiger partial charge in [-0.3, -0.25) is 9.56 Å². The Labute approximate surface area is 77.0 Å². The van der Waals surface area contributed by atoms with Crippen LogP contribution in [0.15, 0.2) is 0 Å². The van der Waals surface area contributed by atoms with Gasteiger partial charge in [-0.1, -0.05) is 0 Å². The van der Waals surface area contributed by atoms with Crippen molar-refractivity contribution in [3.05, 3.63) is 0 Å². The van der Waals surface area contributed by atoms with Crippen molar-refractivity contribution in [1.29, 1.82) is 0 Å². The van der Waals surface area contributed by atoms with Crippen LogP contribution in [0.1, 0.15) is 0 Å². The molecule has 0 radical (unpaired) electrons. The molecule has 0 aliphatic rings. The number of rotatable bonds is 6. The molecule has 0 aromatic heterocycles. The molecule has 5 nitrogen and oxygen atoms in total. The summed E-state index contributed by atoms with van der Waals surface area (Å²) in [7, 11) is 0. The molecule has 0 bridgehead atoms. The first kappa shape index (κ1) is 14.6. The topological polar surface area (TPSA) is 84.2 Å². The zero-order chi connectivity index (χ0) is 9.82. The van der Waals surface area contributed by atoms with E-state index in [2.05, 4.69) is 11.9 Å². The molecule has 0 atom stereocenters. The number of halogens is 1. The molecule has 0 aliphatic carbocycles. The summed E-state index contributed by atoms with van der Waals surface area (Å²) in [5.74, 6) is 0. The van der Waals surface area contributed by atoms with Gasteiger partial charge < -0.3 is 15.3 Å². The largest absolute Gasteiger partial charge is 0.395 e. The van der Waals surface area contributed by atoms with Gasteiger partial charge in [0.25, 0.3) is 0 Å². The second-order valence-electron chi connectivity index (χ2n) is 2.01. The molecule has 0 spiro atoms. The van der Waals surface area contributed by atoms with E-state index < -0.39 is 0 Å². The van der Waals surface area contributed by atoms with Crippen LogP contribution in [0.2, 0.25) is 0 Å². The van der Waals surface area contributed by atoms with Gasteiger partial charge in [-0.25, -0.2) is 0 Å². The smallest absolute Gasteiger partial charge is 0.0579 e. The minimum Gasteiger partial charge on any atom is -0.395 e. The average Bonchev–Trinajstić information content (AvgIpc) is 2.10. The van der Waals surface area contributed by atoms with Gasteiger partial charge in [-0.05, 0) is 0 Å². The monoisotopic (exact) mass is 201 g/mol. The lowest BCUT2D eigenvalue weighted by Gasteiger charge is -2.17. The Hall–Kier alpha value is 0.0900. The fourth-order valence-electron chi connectivity index (χ4n) is 0.760. The highest BCUT2D eigenvalue weighted by Crippen LogP contribution is 1.84. The van der Waals surface area contributed by atoms with E-state index in [1.54, 1.807) is 4.90 Å². The molecule has 0 aromatic rings. The van der Waals surface area contributed by atoms with E-state index in [1.165, 1.54) is 0 Å². The fourth-order valence-corrected chi connectivity index (χ4v) is 0.760. The SMILES string of the molecule is OCCN(CCO)CCO.OCl. The van der Waals surface area contributed by atoms with Crippen LogP contribution < -0.4 is 0 Å². The van der Waals surface area contributed by atoms with Gasteiger partial charge in [-0.2, -0.15) is 0 Å². The van der Waals surface area contributed by atoms with Gasteiger partial charge in [-0.15, -0.1) is 0 Å². The van der Waals surface area contributed by atoms with E-state index in [9.17, 15) is 0 Å². The van der Waals surface area contributed by atoms with Gasteiger partial charge in [0, 0.05) is 19.6 Å². The lowest BCUT2D eigenvalue weighted by atomic mass is 10.4. The summed E-state index contributed by atoms with van der Waals surface area (Å²) in [6.45, 7) is 1.75. The molecule has 6 heteroatoms. The van der Waals surface area contributed by atoms with Crippen LogP contribution in [0.5, 0.6) is 0 Å². The third kappa shape index (κ3) is 10.1. The summed E-state index contributed by atoms with van der Waals surface area (Å²) >= 11 is 3.64. The number of nitrogens with zero attached hydrogens (tertiary/aromatic N) is 1. The Morgan fingerprint density at radius 1 is 0.750 bits per heavy atom. The second-order valence-corrected chi connectivity index (χ2v) is 2.01. The van der Waals surface area contributed by atoms with Crippen molar-refractivity contribution in [3.63, 3.8) is 0 Å². The first-order chi connectivity index (χ1) is 5.85. The van der Waals surface area contributed by atoms with Crippen LogP contribution in [0.25, 0.3) is 0 Å². The molecule has 12 heavy (non-hydrogen) atoms. The van der Waals surface area contributed by atoms with E-state index in [1.807, 2.05) is 0 Å². The normalized spacial score (nSPS) is 9.50. The van der Waals surface area contributed by atoms with Gasteiger partial charge in [0.15, 0.2) is 0 Å². The lowest BCUT2D eigenvalue weighted by molar-refractivity contribution is 0.136. The van der Waals surface area contributed by atoms with Gasteiger partial charge in [0.2, 0.25) is 0 Å². The Kier molecular flexibility index (Phi) is 16.6. The van der Waals surface area contributed by atoms with Crippen LogP contribution in [0.3, 0.4) is 0 Å². The maximum atomic E-state index is 8.48. The molecular formula is C6H16ClNO4. The zero-order valence-corrected chi connectivity index (χ0v) is 7.61. The number of aliphatic hydroxyl groups excluding tert-OH is 3. The van der Waals surface area contributed by atoms with Gasteiger partial charge in [0.05, 0.1) is 31.7 Å². The van der Waals surface area contributed by atoms with E-state index in [4.69, 9.17) is 20.0 Å². The van der Waals surface area contributed by atoms with E-state index >= 15 is 0 Å². The van der Waals surface area contributed by atoms with Crippen LogP contribution >= 0.6 is 11.9 Å². The number of hydrogen-bond donors (Lipinski definition) is 4. The third-order valence-electron chi connectivity index (χ3n) is 1.25. The van der Waals surface area contributed by atoms with Crippen molar-refractivity contribution >= 4 is 11.9 Å². The van der Waals surface area contributed by atoms with Gasteiger partial charge in [0.1, 0.15) is 0 Å². The van der Waals surface area contributed by atoms with Crippen LogP contribution in [0.4, 0.5) is 0 Å². The predicted octanol–water partition coefficient (Wildman–Crippen LogP) is -1.60. The Balaban J connectivity index is 0. The second kappa shape index (κ2) is 13.7. The summed E-state index contributed by atoms with van der Waals surface area (Å²) in [5, 5.41) is 25.5. The highest BCUT2D eigenvalue weighted by Gasteiger charge is 2.00. The van der Waals surface area contributed by atoms with E-state index in [0.29, 0.717) is 19.6 Å². The molecule has 0 saturated heterocycles. The molecule has 0 amide bonds. The highest BCUT2D eigenvalue weighted by molar-refractivity contribution is 6.04. The third-order valence-corrected chi connectivity index (χ3v) is 1.25. The quantitative estimate of drug-likeness (QED) is 0.416. The van der Waals surface area contributed by atoms with E-state index in [-0.39, 0.29) is 19.8 Å². The molecule has 0 saturated carbocycles. The first-order valence-electron chi connectivity index (χ1n) is 3.57. The Bertz CT molecular complexity index is 62.3. The van der Waals surface area contributed by atoms with Crippen molar-refractivity contribution in [3.8, 4) is 0 Å². The summed E-state index contributed by atoms with van der Waals surface area (Å²) < 4.78 is 6.47. The number of hydrogen-bond acceptors (Lipinski definition) is 5. The predicted molar refractivity (Wildman–Crippen MR) is 45.8 cm³/mol. The minimum atomic E-state index is 0.0694. The van der Waals surface area contributed by atoms with Crippen molar-refractivity contribution in [2.45, 2.75) is 0 Å². The van der Waals surface area contributed by atoms with E-state index in [0.717, 1.165) is 0 Å². The van der Waals surface area contributed by atoms with Crippen molar-refractivity contribution in [2.24, 2.45) is 0 Å². The summed E-state index contributed by atoms with van der Waals surface area (Å²) in [4.78, 5) is 1.79. The maximum absolute atomic E-state index is 8.48. The minimum absolute atomic E-state index is 0.0694. The molecule has 0 fully saturated rings. The van der Waals surface area contributed by atoms with Crippen molar-refractivity contribution in [1.82, 2.24) is 4.90 Å². The molecule has 76 valence electrons. The molecule has 0 heterocycles. The summed E-state index contributed by atoms with van der Waals surface area (Å²) in [6.07, 6.45) is 0. The molecule has 0 rings (SSSR count). The summed E-state index contributed by atoms with van der Waals surface area (Å²) in [5.41, 5.74) is 0. The molecule has 0 aliphatic heterocycles. The molecule has 0 aromatic carbocycles. The number of aliphatic hydroxyl groups is 3. The molecular weight excluding hydrogens is 186 g/mol. The maximum Gasteiger partial charge on any atom is 0.0579 e. The first-order valence-corrected chi connectivity index (χ1v) is 3.90. The molecule has 4 N–H and O–H groups in total. The lowest BCUT2D eigenvalue weighted by Crippen LogP contribution is -2.32. The fraction of sp³-hybridized carbons (Fsp3) is 1.00. The highest BCUT2D eigenvalue weighted by atomic mass is 35.5. The van der Waals surface area contributed by atoms with Crippen LogP contribution in [0, 0.1) is 0 Å². The standard InChI is InChI=1S/C6H15NO3.ClHO/c8-4-1-7(2-5-9)3-6-10;1-2/h8-10H,1-6H2;2H. The zero-order valence-electron chi connectivity index (χ0n) is 6.86.